The van der Waals surface area contributed by atoms with E-state index in [0.29, 0.717) is 6.42 Å². The summed E-state index contributed by atoms with van der Waals surface area (Å²) in [6.07, 6.45) is 10.3. The highest BCUT2D eigenvalue weighted by Gasteiger charge is 2.32. The maximum absolute atomic E-state index is 12.7. The summed E-state index contributed by atoms with van der Waals surface area (Å²) in [5.74, 6) is 0.180. The van der Waals surface area contributed by atoms with E-state index in [-0.39, 0.29) is 11.8 Å². The van der Waals surface area contributed by atoms with Gasteiger partial charge in [0, 0.05) is 42.3 Å². The summed E-state index contributed by atoms with van der Waals surface area (Å²) in [4.78, 5) is 22.6. The van der Waals surface area contributed by atoms with Crippen molar-refractivity contribution < 1.29 is 4.79 Å². The van der Waals surface area contributed by atoms with E-state index >= 15 is 0 Å². The predicted molar refractivity (Wildman–Crippen MR) is 90.2 cm³/mol. The van der Waals surface area contributed by atoms with Crippen LogP contribution < -0.4 is 4.90 Å². The van der Waals surface area contributed by atoms with E-state index in [4.69, 9.17) is 0 Å². The van der Waals surface area contributed by atoms with Crippen LogP contribution in [0.3, 0.4) is 0 Å². The van der Waals surface area contributed by atoms with Crippen LogP contribution in [0.2, 0.25) is 0 Å². The van der Waals surface area contributed by atoms with Crippen LogP contribution >= 0.6 is 0 Å². The average molecular weight is 319 g/mol. The van der Waals surface area contributed by atoms with Crippen LogP contribution in [0.5, 0.6) is 0 Å². The van der Waals surface area contributed by atoms with Crippen LogP contribution in [-0.4, -0.2) is 32.6 Å². The van der Waals surface area contributed by atoms with Gasteiger partial charge in [0.2, 0.25) is 5.91 Å². The summed E-state index contributed by atoms with van der Waals surface area (Å²) in [5.41, 5.74) is 4.07. The molecule has 1 saturated heterocycles. The maximum Gasteiger partial charge on any atom is 0.230 e. The average Bonchev–Trinajstić information content (AvgIpc) is 3.27. The lowest BCUT2D eigenvalue weighted by Crippen LogP contribution is -2.27. The molecule has 1 fully saturated rings. The number of hydrogen-bond donors (Lipinski definition) is 1. The molecule has 1 N–H and O–H groups in total. The molecular formula is C18H17N5O. The molecule has 1 atom stereocenters. The van der Waals surface area contributed by atoms with Gasteiger partial charge in [0.05, 0.1) is 6.20 Å². The summed E-state index contributed by atoms with van der Waals surface area (Å²) in [5, 5.41) is 6.77. The molecule has 1 amide bonds. The van der Waals surface area contributed by atoms with Crippen LogP contribution in [0, 0.1) is 5.92 Å². The third-order valence-electron chi connectivity index (χ3n) is 4.42. The molecule has 1 unspecified atom stereocenters. The Labute approximate surface area is 139 Å². The minimum Gasteiger partial charge on any atom is -0.312 e. The molecule has 24 heavy (non-hydrogen) atoms. The van der Waals surface area contributed by atoms with E-state index in [1.165, 1.54) is 6.33 Å². The Balaban J connectivity index is 1.48. The lowest BCUT2D eigenvalue weighted by Gasteiger charge is -2.17. The number of benzene rings is 1. The van der Waals surface area contributed by atoms with Crippen LogP contribution in [0.15, 0.2) is 55.4 Å². The van der Waals surface area contributed by atoms with Gasteiger partial charge >= 0.3 is 0 Å². The zero-order chi connectivity index (χ0) is 16.4. The minimum absolute atomic E-state index is 0.00421. The first-order chi connectivity index (χ1) is 11.8. The smallest absolute Gasteiger partial charge is 0.230 e. The first-order valence-electron chi connectivity index (χ1n) is 7.96. The third-order valence-corrected chi connectivity index (χ3v) is 4.42. The number of H-pyrrole nitrogens is 1. The zero-order valence-electron chi connectivity index (χ0n) is 13.1. The minimum atomic E-state index is 0.00421. The fourth-order valence-electron chi connectivity index (χ4n) is 3.15. The summed E-state index contributed by atoms with van der Waals surface area (Å²) in [6, 6.07) is 8.03. The molecule has 3 heterocycles. The van der Waals surface area contributed by atoms with Gasteiger partial charge in [-0.05, 0) is 36.1 Å². The topological polar surface area (TPSA) is 74.8 Å². The van der Waals surface area contributed by atoms with E-state index < -0.39 is 0 Å². The van der Waals surface area contributed by atoms with Crippen molar-refractivity contribution in [3.05, 3.63) is 60.9 Å². The second-order valence-electron chi connectivity index (χ2n) is 5.96. The third kappa shape index (κ3) is 2.78. The number of aromatic amines is 1. The monoisotopic (exact) mass is 319 g/mol. The number of nitrogens with one attached hydrogen (secondary N) is 1. The highest BCUT2D eigenvalue weighted by atomic mass is 16.2. The van der Waals surface area contributed by atoms with Crippen molar-refractivity contribution in [1.29, 1.82) is 0 Å². The van der Waals surface area contributed by atoms with Crippen LogP contribution in [0.25, 0.3) is 11.1 Å². The molecule has 1 aliphatic rings. The second kappa shape index (κ2) is 6.23. The molecule has 6 heteroatoms. The van der Waals surface area contributed by atoms with Crippen molar-refractivity contribution in [1.82, 2.24) is 20.2 Å². The largest absolute Gasteiger partial charge is 0.312 e. The van der Waals surface area contributed by atoms with E-state index in [2.05, 4.69) is 20.2 Å². The number of aromatic nitrogens is 4. The number of carbonyl (C=O) groups excluding carboxylic acids is 1. The second-order valence-corrected chi connectivity index (χ2v) is 5.96. The highest BCUT2D eigenvalue weighted by Crippen LogP contribution is 2.29. The first-order valence-corrected chi connectivity index (χ1v) is 7.96. The summed E-state index contributed by atoms with van der Waals surface area (Å²) >= 11 is 0. The number of anilines is 1. The van der Waals surface area contributed by atoms with Gasteiger partial charge in [-0.1, -0.05) is 12.1 Å². The molecule has 6 nitrogen and oxygen atoms in total. The number of nitrogens with zero attached hydrogens (tertiary/aromatic N) is 4. The van der Waals surface area contributed by atoms with Gasteiger partial charge in [0.1, 0.15) is 6.33 Å². The Morgan fingerprint density at radius 3 is 2.58 bits per heavy atom. The lowest BCUT2D eigenvalue weighted by atomic mass is 10.0. The van der Waals surface area contributed by atoms with E-state index in [1.807, 2.05) is 35.4 Å². The maximum atomic E-state index is 12.7. The Morgan fingerprint density at radius 1 is 1.08 bits per heavy atom. The Hall–Kier alpha value is -3.02. The van der Waals surface area contributed by atoms with Gasteiger partial charge in [0.25, 0.3) is 0 Å². The van der Waals surface area contributed by atoms with E-state index in [0.717, 1.165) is 35.3 Å². The van der Waals surface area contributed by atoms with Crippen molar-refractivity contribution in [2.24, 2.45) is 5.92 Å². The van der Waals surface area contributed by atoms with Gasteiger partial charge in [0.15, 0.2) is 0 Å². The quantitative estimate of drug-likeness (QED) is 0.801. The number of carbonyl (C=O) groups is 1. The fraction of sp³-hybridized carbons (Fsp3) is 0.222. The molecule has 2 aromatic heterocycles. The van der Waals surface area contributed by atoms with Gasteiger partial charge in [-0.3, -0.25) is 9.89 Å². The molecule has 120 valence electrons. The van der Waals surface area contributed by atoms with Crippen LogP contribution in [0.1, 0.15) is 12.0 Å². The van der Waals surface area contributed by atoms with Gasteiger partial charge in [-0.15, -0.1) is 0 Å². The Bertz CT molecular complexity index is 814. The number of rotatable bonds is 4. The van der Waals surface area contributed by atoms with Gasteiger partial charge in [-0.2, -0.15) is 5.10 Å². The SMILES string of the molecule is O=C1C(Cc2cncnc2)CCN1c1ccc(-c2cn[nH]c2)cc1. The molecule has 1 aromatic carbocycles. The molecule has 0 saturated carbocycles. The molecule has 0 aliphatic carbocycles. The highest BCUT2D eigenvalue weighted by molar-refractivity contribution is 5.97. The molecule has 3 aromatic rings. The van der Waals surface area contributed by atoms with E-state index in [9.17, 15) is 4.79 Å². The van der Waals surface area contributed by atoms with Crippen LogP contribution in [0.4, 0.5) is 5.69 Å². The van der Waals surface area contributed by atoms with Gasteiger partial charge in [-0.25, -0.2) is 9.97 Å². The van der Waals surface area contributed by atoms with Crippen molar-refractivity contribution >= 4 is 11.6 Å². The molecule has 0 bridgehead atoms. The zero-order valence-corrected chi connectivity index (χ0v) is 13.1. The first kappa shape index (κ1) is 14.6. The molecular weight excluding hydrogens is 302 g/mol. The fourth-order valence-corrected chi connectivity index (χ4v) is 3.15. The van der Waals surface area contributed by atoms with Crippen molar-refractivity contribution in [2.75, 3.05) is 11.4 Å². The van der Waals surface area contributed by atoms with Crippen LogP contribution in [-0.2, 0) is 11.2 Å². The Kier molecular flexibility index (Phi) is 3.78. The van der Waals surface area contributed by atoms with Crippen molar-refractivity contribution in [2.45, 2.75) is 12.8 Å². The molecule has 1 aliphatic heterocycles. The molecule has 0 spiro atoms. The summed E-state index contributed by atoms with van der Waals surface area (Å²) in [6.45, 7) is 0.752. The summed E-state index contributed by atoms with van der Waals surface area (Å²) < 4.78 is 0. The van der Waals surface area contributed by atoms with E-state index in [1.54, 1.807) is 18.6 Å². The normalized spacial score (nSPS) is 17.4. The van der Waals surface area contributed by atoms with Crippen molar-refractivity contribution in [3.8, 4) is 11.1 Å². The number of hydrogen-bond acceptors (Lipinski definition) is 4. The number of amides is 1. The molecule has 4 rings (SSSR count). The standard InChI is InChI=1S/C18H17N5O/c24-18-15(7-13-8-19-12-20-9-13)5-6-23(18)17-3-1-14(2-4-17)16-10-21-22-11-16/h1-4,8-12,15H,5-7H2,(H,21,22). The predicted octanol–water partition coefficient (Wildman–Crippen LogP) is 2.46. The Morgan fingerprint density at radius 2 is 1.88 bits per heavy atom. The molecule has 0 radical (unpaired) electrons. The van der Waals surface area contributed by atoms with Crippen molar-refractivity contribution in [3.63, 3.8) is 0 Å². The van der Waals surface area contributed by atoms with Gasteiger partial charge < -0.3 is 4.90 Å². The summed E-state index contributed by atoms with van der Waals surface area (Å²) in [7, 11) is 0. The lowest BCUT2D eigenvalue weighted by molar-refractivity contribution is -0.120.